The summed E-state index contributed by atoms with van der Waals surface area (Å²) in [5, 5.41) is 3.68. The number of sulfonamides is 1. The van der Waals surface area contributed by atoms with Crippen LogP contribution in [0.25, 0.3) is 0 Å². The molecule has 0 spiro atoms. The van der Waals surface area contributed by atoms with E-state index < -0.39 is 16.1 Å². The normalized spacial score (nSPS) is 12.4. The van der Waals surface area contributed by atoms with Gasteiger partial charge in [0, 0.05) is 41.7 Å². The third-order valence-electron chi connectivity index (χ3n) is 6.03. The van der Waals surface area contributed by atoms with Crippen LogP contribution >= 0.6 is 23.2 Å². The van der Waals surface area contributed by atoms with E-state index in [1.807, 2.05) is 45.9 Å². The number of nitrogens with zero attached hydrogens (tertiary/aromatic N) is 2. The SMILES string of the molecule is Cc1ccc(C)c(N(CCCC(=O)N(Cc2c(Cl)cccc2Cl)[C@@H](C)C(=O)NCC(C)C)S(C)(=O)=O)c1. The Kier molecular flexibility index (Phi) is 11.3. The van der Waals surface area contributed by atoms with Gasteiger partial charge in [0.1, 0.15) is 6.04 Å². The number of carbonyl (C=O) groups is 2. The van der Waals surface area contributed by atoms with Gasteiger partial charge in [0.2, 0.25) is 21.8 Å². The van der Waals surface area contributed by atoms with E-state index in [9.17, 15) is 18.0 Å². The molecule has 0 bridgehead atoms. The Bertz CT molecular complexity index is 1200. The van der Waals surface area contributed by atoms with E-state index in [1.54, 1.807) is 25.1 Å². The first kappa shape index (κ1) is 30.9. The summed E-state index contributed by atoms with van der Waals surface area (Å²) in [6.45, 7) is 10.1. The topological polar surface area (TPSA) is 86.8 Å². The smallest absolute Gasteiger partial charge is 0.242 e. The highest BCUT2D eigenvalue weighted by Crippen LogP contribution is 2.28. The van der Waals surface area contributed by atoms with Gasteiger partial charge >= 0.3 is 0 Å². The molecule has 0 saturated carbocycles. The Labute approximate surface area is 231 Å². The summed E-state index contributed by atoms with van der Waals surface area (Å²) >= 11 is 12.7. The number of carbonyl (C=O) groups excluding carboxylic acids is 2. The van der Waals surface area contributed by atoms with Crippen molar-refractivity contribution in [2.75, 3.05) is 23.7 Å². The van der Waals surface area contributed by atoms with Gasteiger partial charge in [-0.2, -0.15) is 0 Å². The molecule has 1 atom stereocenters. The van der Waals surface area contributed by atoms with Crippen molar-refractivity contribution in [3.05, 3.63) is 63.1 Å². The van der Waals surface area contributed by atoms with E-state index in [-0.39, 0.29) is 43.7 Å². The Morgan fingerprint density at radius 2 is 1.65 bits per heavy atom. The Hall–Kier alpha value is -2.29. The maximum absolute atomic E-state index is 13.4. The molecule has 7 nitrogen and oxygen atoms in total. The quantitative estimate of drug-likeness (QED) is 0.373. The van der Waals surface area contributed by atoms with Crippen molar-refractivity contribution >= 4 is 50.7 Å². The highest BCUT2D eigenvalue weighted by atomic mass is 35.5. The molecule has 2 aromatic rings. The molecule has 2 aromatic carbocycles. The average Bonchev–Trinajstić information content (AvgIpc) is 2.80. The summed E-state index contributed by atoms with van der Waals surface area (Å²) in [5.41, 5.74) is 2.91. The Morgan fingerprint density at radius 1 is 1.03 bits per heavy atom. The van der Waals surface area contributed by atoms with Crippen molar-refractivity contribution in [1.29, 1.82) is 0 Å². The van der Waals surface area contributed by atoms with Crippen molar-refractivity contribution in [3.63, 3.8) is 0 Å². The zero-order valence-corrected chi connectivity index (χ0v) is 24.7. The number of amides is 2. The fraction of sp³-hybridized carbons (Fsp3) is 0.481. The predicted molar refractivity (Wildman–Crippen MR) is 152 cm³/mol. The highest BCUT2D eigenvalue weighted by Gasteiger charge is 2.28. The van der Waals surface area contributed by atoms with Crippen LogP contribution < -0.4 is 9.62 Å². The molecule has 1 N–H and O–H groups in total. The van der Waals surface area contributed by atoms with Gasteiger partial charge in [-0.3, -0.25) is 13.9 Å². The van der Waals surface area contributed by atoms with E-state index >= 15 is 0 Å². The minimum absolute atomic E-state index is 0.0424. The molecule has 0 aliphatic rings. The molecule has 0 radical (unpaired) electrons. The maximum Gasteiger partial charge on any atom is 0.242 e. The summed E-state index contributed by atoms with van der Waals surface area (Å²) in [6.07, 6.45) is 1.47. The molecule has 2 amide bonds. The number of hydrogen-bond acceptors (Lipinski definition) is 4. The lowest BCUT2D eigenvalue weighted by Crippen LogP contribution is -2.48. The zero-order chi connectivity index (χ0) is 27.9. The summed E-state index contributed by atoms with van der Waals surface area (Å²) < 4.78 is 26.5. The lowest BCUT2D eigenvalue weighted by atomic mass is 10.1. The van der Waals surface area contributed by atoms with Crippen LogP contribution in [0, 0.1) is 19.8 Å². The Morgan fingerprint density at radius 3 is 2.22 bits per heavy atom. The van der Waals surface area contributed by atoms with Crippen LogP contribution in [0.5, 0.6) is 0 Å². The first-order chi connectivity index (χ1) is 17.2. The molecule has 0 fully saturated rings. The lowest BCUT2D eigenvalue weighted by Gasteiger charge is -2.30. The molecule has 0 unspecified atom stereocenters. The van der Waals surface area contributed by atoms with E-state index in [0.717, 1.165) is 17.4 Å². The van der Waals surface area contributed by atoms with Crippen LogP contribution in [0.1, 0.15) is 50.3 Å². The molecule has 10 heteroatoms. The molecule has 0 aliphatic heterocycles. The maximum atomic E-state index is 13.4. The van der Waals surface area contributed by atoms with Crippen LogP contribution in [0.2, 0.25) is 10.0 Å². The monoisotopic (exact) mass is 569 g/mol. The summed E-state index contributed by atoms with van der Waals surface area (Å²) in [5.74, 6) is -0.318. The highest BCUT2D eigenvalue weighted by molar-refractivity contribution is 7.92. The van der Waals surface area contributed by atoms with E-state index in [1.165, 1.54) is 9.21 Å². The first-order valence-corrected chi connectivity index (χ1v) is 14.9. The van der Waals surface area contributed by atoms with Crippen molar-refractivity contribution in [1.82, 2.24) is 10.2 Å². The number of hydrogen-bond donors (Lipinski definition) is 1. The van der Waals surface area contributed by atoms with Gasteiger partial charge in [-0.1, -0.05) is 55.2 Å². The molecule has 0 aliphatic carbocycles. The second kappa shape index (κ2) is 13.5. The van der Waals surface area contributed by atoms with Gasteiger partial charge in [-0.05, 0) is 62.4 Å². The number of aryl methyl sites for hydroxylation is 2. The van der Waals surface area contributed by atoms with E-state index in [0.29, 0.717) is 27.8 Å². The number of rotatable bonds is 12. The van der Waals surface area contributed by atoms with Crippen LogP contribution in [-0.4, -0.2) is 50.5 Å². The molecule has 0 saturated heterocycles. The largest absolute Gasteiger partial charge is 0.354 e. The fourth-order valence-electron chi connectivity index (χ4n) is 3.86. The van der Waals surface area contributed by atoms with Gasteiger partial charge in [-0.25, -0.2) is 8.42 Å². The predicted octanol–water partition coefficient (Wildman–Crippen LogP) is 5.35. The minimum Gasteiger partial charge on any atom is -0.354 e. The van der Waals surface area contributed by atoms with Crippen molar-refractivity contribution < 1.29 is 18.0 Å². The van der Waals surface area contributed by atoms with Gasteiger partial charge in [-0.15, -0.1) is 0 Å². The second-order valence-corrected chi connectivity index (χ2v) is 12.5. The van der Waals surface area contributed by atoms with Gasteiger partial charge in [0.05, 0.1) is 11.9 Å². The van der Waals surface area contributed by atoms with Crippen molar-refractivity contribution in [2.24, 2.45) is 5.92 Å². The zero-order valence-electron chi connectivity index (χ0n) is 22.3. The van der Waals surface area contributed by atoms with Gasteiger partial charge in [0.15, 0.2) is 0 Å². The summed E-state index contributed by atoms with van der Waals surface area (Å²) in [7, 11) is -3.57. The third kappa shape index (κ3) is 8.90. The molecule has 37 heavy (non-hydrogen) atoms. The standard InChI is InChI=1S/C27H37Cl2N3O4S/c1-18(2)16-30-27(34)21(5)31(17-22-23(28)9-7-10-24(22)29)26(33)11-8-14-32(37(6,35)36)25-15-19(3)12-13-20(25)4/h7,9-10,12-13,15,18,21H,8,11,14,16-17H2,1-6H3,(H,30,34)/t21-/m0/s1. The fourth-order valence-corrected chi connectivity index (χ4v) is 5.39. The van der Waals surface area contributed by atoms with Crippen LogP contribution in [0.3, 0.4) is 0 Å². The van der Waals surface area contributed by atoms with Crippen LogP contribution in [0.15, 0.2) is 36.4 Å². The lowest BCUT2D eigenvalue weighted by molar-refractivity contribution is -0.140. The average molecular weight is 571 g/mol. The second-order valence-electron chi connectivity index (χ2n) is 9.77. The molecule has 204 valence electrons. The van der Waals surface area contributed by atoms with E-state index in [4.69, 9.17) is 23.2 Å². The number of anilines is 1. The molecular weight excluding hydrogens is 533 g/mol. The number of halogens is 2. The molecular formula is C27H37Cl2N3O4S. The summed E-state index contributed by atoms with van der Waals surface area (Å²) in [4.78, 5) is 27.7. The molecule has 0 aromatic heterocycles. The van der Waals surface area contributed by atoms with Gasteiger partial charge in [0.25, 0.3) is 0 Å². The minimum atomic E-state index is -3.57. The Balaban J connectivity index is 2.25. The first-order valence-electron chi connectivity index (χ1n) is 12.3. The van der Waals surface area contributed by atoms with E-state index in [2.05, 4.69) is 5.32 Å². The molecule has 2 rings (SSSR count). The number of benzene rings is 2. The van der Waals surface area contributed by atoms with Crippen molar-refractivity contribution in [2.45, 2.75) is 60.0 Å². The van der Waals surface area contributed by atoms with Crippen LogP contribution in [0.4, 0.5) is 5.69 Å². The van der Waals surface area contributed by atoms with Gasteiger partial charge < -0.3 is 10.2 Å². The number of nitrogens with one attached hydrogen (secondary N) is 1. The summed E-state index contributed by atoms with van der Waals surface area (Å²) in [6, 6.07) is 9.93. The van der Waals surface area contributed by atoms with Crippen LogP contribution in [-0.2, 0) is 26.2 Å². The third-order valence-corrected chi connectivity index (χ3v) is 7.92. The molecule has 0 heterocycles. The van der Waals surface area contributed by atoms with Crippen molar-refractivity contribution in [3.8, 4) is 0 Å².